The minimum Gasteiger partial charge on any atom is -0.486 e. The molecule has 1 N–H and O–H groups in total. The third kappa shape index (κ3) is 5.28. The Morgan fingerprint density at radius 2 is 2.19 bits per heavy atom. The van der Waals surface area contributed by atoms with Crippen LogP contribution < -0.4 is 4.74 Å². The van der Waals surface area contributed by atoms with E-state index in [4.69, 9.17) is 21.2 Å². The number of ketones is 1. The third-order valence-electron chi connectivity index (χ3n) is 1.55. The maximum absolute atomic E-state index is 11.1. The second kappa shape index (κ2) is 6.66. The van der Waals surface area contributed by atoms with E-state index in [-0.39, 0.29) is 6.61 Å². The first-order valence-corrected chi connectivity index (χ1v) is 5.98. The minimum atomic E-state index is -3.07. The molecular formula is C9H10ClO5P. The maximum atomic E-state index is 11.1. The number of carbonyl (C=O) groups excluding carboxylic acids is 1. The first kappa shape index (κ1) is 13.2. The second-order valence-electron chi connectivity index (χ2n) is 2.84. The van der Waals surface area contributed by atoms with Gasteiger partial charge in [-0.25, -0.2) is 0 Å². The van der Waals surface area contributed by atoms with E-state index < -0.39 is 20.6 Å². The zero-order valence-electron chi connectivity index (χ0n) is 8.18. The van der Waals surface area contributed by atoms with Crippen LogP contribution in [0.25, 0.3) is 0 Å². The van der Waals surface area contributed by atoms with Gasteiger partial charge in [0.1, 0.15) is 19.0 Å². The fourth-order valence-corrected chi connectivity index (χ4v) is 1.37. The Hall–Kier alpha value is -0.870. The Morgan fingerprint density at radius 1 is 1.44 bits per heavy atom. The summed E-state index contributed by atoms with van der Waals surface area (Å²) in [4.78, 5) is 19.4. The Balaban J connectivity index is 2.34. The van der Waals surface area contributed by atoms with Crippen LogP contribution in [0.1, 0.15) is 0 Å². The summed E-state index contributed by atoms with van der Waals surface area (Å²) in [5.74, 6) is 0.0323. The van der Waals surface area contributed by atoms with Crippen molar-refractivity contribution in [2.24, 2.45) is 0 Å². The van der Waals surface area contributed by atoms with Gasteiger partial charge in [-0.15, -0.1) is 0 Å². The lowest BCUT2D eigenvalue weighted by Gasteiger charge is -2.05. The zero-order chi connectivity index (χ0) is 12.0. The number of benzene rings is 1. The number of hydrogen-bond donors (Lipinski definition) is 1. The fourth-order valence-electron chi connectivity index (χ4n) is 0.905. The monoisotopic (exact) mass is 264 g/mol. The molecule has 0 fully saturated rings. The number of carbonyl (C=O) groups is 1. The van der Waals surface area contributed by atoms with E-state index in [1.807, 2.05) is 0 Å². The summed E-state index contributed by atoms with van der Waals surface area (Å²) in [6.45, 7) is -0.662. The van der Waals surface area contributed by atoms with Crippen LogP contribution in [-0.4, -0.2) is 23.9 Å². The number of halogens is 1. The molecule has 1 atom stereocenters. The molecule has 0 aromatic heterocycles. The molecule has 0 saturated heterocycles. The van der Waals surface area contributed by atoms with Crippen LogP contribution >= 0.6 is 19.9 Å². The number of rotatable bonds is 6. The van der Waals surface area contributed by atoms with Gasteiger partial charge in [-0.3, -0.25) is 9.36 Å². The van der Waals surface area contributed by atoms with Crippen LogP contribution in [0.4, 0.5) is 0 Å². The van der Waals surface area contributed by atoms with E-state index in [0.717, 1.165) is 0 Å². The Kier molecular flexibility index (Phi) is 5.49. The highest BCUT2D eigenvalue weighted by Crippen LogP contribution is 2.17. The number of ether oxygens (including phenoxy) is 1. The summed E-state index contributed by atoms with van der Waals surface area (Å²) in [5, 5.41) is 0.501. The number of Topliss-reactive ketones (excluding diaryl/α,β-unsaturated/α-hetero) is 1. The highest BCUT2D eigenvalue weighted by molar-refractivity contribution is 7.32. The average Bonchev–Trinajstić information content (AvgIpc) is 2.23. The predicted molar refractivity (Wildman–Crippen MR) is 59.1 cm³/mol. The molecular weight excluding hydrogens is 255 g/mol. The lowest BCUT2D eigenvalue weighted by Crippen LogP contribution is -2.15. The highest BCUT2D eigenvalue weighted by Gasteiger charge is 2.05. The van der Waals surface area contributed by atoms with Crippen molar-refractivity contribution in [2.75, 3.05) is 13.2 Å². The van der Waals surface area contributed by atoms with Crippen molar-refractivity contribution in [3.05, 3.63) is 29.3 Å². The van der Waals surface area contributed by atoms with Crippen LogP contribution in [0.3, 0.4) is 0 Å². The highest BCUT2D eigenvalue weighted by atomic mass is 35.5. The van der Waals surface area contributed by atoms with Gasteiger partial charge in [0.2, 0.25) is 0 Å². The molecule has 0 aliphatic rings. The van der Waals surface area contributed by atoms with Crippen molar-refractivity contribution in [2.45, 2.75) is 0 Å². The maximum Gasteiger partial charge on any atom is 0.317 e. The first-order valence-electron chi connectivity index (χ1n) is 4.33. The van der Waals surface area contributed by atoms with E-state index in [2.05, 4.69) is 4.52 Å². The summed E-state index contributed by atoms with van der Waals surface area (Å²) in [5.41, 5.74) is 0. The lowest BCUT2D eigenvalue weighted by molar-refractivity contribution is -0.123. The smallest absolute Gasteiger partial charge is 0.317 e. The molecule has 88 valence electrons. The van der Waals surface area contributed by atoms with Gasteiger partial charge in [0.25, 0.3) is 0 Å². The van der Waals surface area contributed by atoms with Crippen molar-refractivity contribution in [3.8, 4) is 5.75 Å². The zero-order valence-corrected chi connectivity index (χ0v) is 9.94. The molecule has 0 aliphatic carbocycles. The Labute approximate surface area is 97.9 Å². The van der Waals surface area contributed by atoms with E-state index in [0.29, 0.717) is 10.8 Å². The van der Waals surface area contributed by atoms with Gasteiger partial charge < -0.3 is 14.2 Å². The Morgan fingerprint density at radius 3 is 2.81 bits per heavy atom. The minimum absolute atomic E-state index is 0.227. The molecule has 7 heteroatoms. The average molecular weight is 265 g/mol. The van der Waals surface area contributed by atoms with E-state index in [1.165, 1.54) is 0 Å². The fraction of sp³-hybridized carbons (Fsp3) is 0.222. The summed E-state index contributed by atoms with van der Waals surface area (Å²) in [7, 11) is -3.07. The molecule has 0 heterocycles. The van der Waals surface area contributed by atoms with Crippen LogP contribution in [0.5, 0.6) is 5.75 Å². The van der Waals surface area contributed by atoms with Crippen molar-refractivity contribution in [1.82, 2.24) is 0 Å². The SMILES string of the molecule is O=C(COc1cccc(Cl)c1)CO[PH](=O)O. The largest absolute Gasteiger partial charge is 0.486 e. The van der Waals surface area contributed by atoms with E-state index in [1.54, 1.807) is 24.3 Å². The lowest BCUT2D eigenvalue weighted by atomic mass is 10.3. The molecule has 1 rings (SSSR count). The van der Waals surface area contributed by atoms with Gasteiger partial charge in [-0.05, 0) is 18.2 Å². The van der Waals surface area contributed by atoms with Gasteiger partial charge in [-0.2, -0.15) is 0 Å². The molecule has 0 amide bonds. The summed E-state index contributed by atoms with van der Waals surface area (Å²) < 4.78 is 19.5. The molecule has 0 saturated carbocycles. The van der Waals surface area contributed by atoms with Crippen molar-refractivity contribution < 1.29 is 23.5 Å². The van der Waals surface area contributed by atoms with Crippen LogP contribution in [-0.2, 0) is 13.9 Å². The quantitative estimate of drug-likeness (QED) is 0.792. The van der Waals surface area contributed by atoms with E-state index >= 15 is 0 Å². The summed E-state index contributed by atoms with van der Waals surface area (Å²) in [6.07, 6.45) is 0. The molecule has 16 heavy (non-hydrogen) atoms. The Bertz CT molecular complexity index is 395. The first-order chi connectivity index (χ1) is 7.58. The molecule has 0 bridgehead atoms. The van der Waals surface area contributed by atoms with Crippen molar-refractivity contribution in [3.63, 3.8) is 0 Å². The molecule has 1 unspecified atom stereocenters. The van der Waals surface area contributed by atoms with Gasteiger partial charge >= 0.3 is 8.25 Å². The summed E-state index contributed by atoms with van der Waals surface area (Å²) >= 11 is 5.70. The second-order valence-corrected chi connectivity index (χ2v) is 4.10. The molecule has 0 radical (unpaired) electrons. The molecule has 1 aromatic carbocycles. The summed E-state index contributed by atoms with van der Waals surface area (Å²) in [6, 6.07) is 6.57. The third-order valence-corrected chi connectivity index (χ3v) is 2.18. The van der Waals surface area contributed by atoms with E-state index in [9.17, 15) is 9.36 Å². The normalized spacial score (nSPS) is 12.1. The standard InChI is InChI=1S/C9H10ClO5P/c10-7-2-1-3-9(4-7)14-5-8(11)6-15-16(12)13/h1-4,16H,5-6H2,(H,12,13). The molecule has 5 nitrogen and oxygen atoms in total. The molecule has 0 aliphatic heterocycles. The van der Waals surface area contributed by atoms with Crippen molar-refractivity contribution in [1.29, 1.82) is 0 Å². The van der Waals surface area contributed by atoms with Crippen molar-refractivity contribution >= 4 is 25.6 Å². The predicted octanol–water partition coefficient (Wildman–Crippen LogP) is 1.69. The number of hydrogen-bond acceptors (Lipinski definition) is 4. The topological polar surface area (TPSA) is 72.8 Å². The van der Waals surface area contributed by atoms with Crippen LogP contribution in [0.15, 0.2) is 24.3 Å². The van der Waals surface area contributed by atoms with Gasteiger partial charge in [-0.1, -0.05) is 17.7 Å². The molecule has 0 spiro atoms. The van der Waals surface area contributed by atoms with Gasteiger partial charge in [0, 0.05) is 5.02 Å². The molecule has 1 aromatic rings. The van der Waals surface area contributed by atoms with Crippen LogP contribution in [0.2, 0.25) is 5.02 Å². The van der Waals surface area contributed by atoms with Gasteiger partial charge in [0.15, 0.2) is 5.78 Å². The van der Waals surface area contributed by atoms with Crippen LogP contribution in [0, 0.1) is 0 Å². The van der Waals surface area contributed by atoms with Gasteiger partial charge in [0.05, 0.1) is 0 Å².